The van der Waals surface area contributed by atoms with Crippen LogP contribution in [-0.2, 0) is 21.0 Å². The third-order valence-electron chi connectivity index (χ3n) is 10.3. The van der Waals surface area contributed by atoms with Gasteiger partial charge in [-0.3, -0.25) is 0 Å². The Hall–Kier alpha value is -2.28. The Balaban J connectivity index is 1.49. The molecular weight excluding hydrogens is 550 g/mol. The lowest BCUT2D eigenvalue weighted by Gasteiger charge is -2.48. The SMILES string of the molecule is C=CC(O[Si](C)(C)C(C)(C)C)[C@@H]1CC[C@H]1CN1C[C@@]2(CCCc3cc(Cl)ccc32)COc2ccc(C(=O)OC)cc21. The lowest BCUT2D eigenvalue weighted by molar-refractivity contribution is 0.0528. The molecule has 3 aliphatic rings. The number of hydrogen-bond acceptors (Lipinski definition) is 5. The van der Waals surface area contributed by atoms with Crippen LogP contribution in [0, 0.1) is 11.8 Å². The molecule has 41 heavy (non-hydrogen) atoms. The molecule has 1 spiro atoms. The van der Waals surface area contributed by atoms with Crippen LogP contribution in [0.5, 0.6) is 5.75 Å². The summed E-state index contributed by atoms with van der Waals surface area (Å²) >= 11 is 6.42. The van der Waals surface area contributed by atoms with E-state index in [-0.39, 0.29) is 22.5 Å². The first-order valence-electron chi connectivity index (χ1n) is 15.1. The third-order valence-corrected chi connectivity index (χ3v) is 15.0. The lowest BCUT2D eigenvalue weighted by Crippen LogP contribution is -2.52. The number of anilines is 1. The van der Waals surface area contributed by atoms with Gasteiger partial charge in [0.15, 0.2) is 8.32 Å². The van der Waals surface area contributed by atoms with Crippen LogP contribution in [0.2, 0.25) is 23.2 Å². The predicted molar refractivity (Wildman–Crippen MR) is 170 cm³/mol. The van der Waals surface area contributed by atoms with Crippen molar-refractivity contribution >= 4 is 31.6 Å². The van der Waals surface area contributed by atoms with Gasteiger partial charge in [0, 0.05) is 23.5 Å². The lowest BCUT2D eigenvalue weighted by atomic mass is 9.68. The highest BCUT2D eigenvalue weighted by Crippen LogP contribution is 2.48. The van der Waals surface area contributed by atoms with Crippen molar-refractivity contribution in [1.29, 1.82) is 0 Å². The van der Waals surface area contributed by atoms with E-state index >= 15 is 0 Å². The molecule has 2 aromatic carbocycles. The number of esters is 1. The molecule has 0 saturated heterocycles. The molecule has 1 aliphatic heterocycles. The second kappa shape index (κ2) is 11.4. The number of carbonyl (C=O) groups excluding carboxylic acids is 1. The Kier molecular flexibility index (Phi) is 8.41. The van der Waals surface area contributed by atoms with Gasteiger partial charge in [0.1, 0.15) is 5.75 Å². The van der Waals surface area contributed by atoms with Crippen LogP contribution in [0.25, 0.3) is 0 Å². The minimum Gasteiger partial charge on any atom is -0.490 e. The van der Waals surface area contributed by atoms with Crippen molar-refractivity contribution in [2.45, 2.75) is 82.5 Å². The van der Waals surface area contributed by atoms with Crippen LogP contribution < -0.4 is 9.64 Å². The fourth-order valence-electron chi connectivity index (χ4n) is 6.72. The first-order chi connectivity index (χ1) is 19.4. The standard InChI is InChI=1S/C34H46ClNO4Si/c1-8-30(40-41(6,7)33(2,3)4)27-14-11-25(27)20-36-21-34(17-9-10-23-18-26(35)13-15-28(23)34)22-39-31-16-12-24(19-29(31)36)32(37)38-5/h8,12-13,15-16,18-19,25,27,30H,1,9-11,14,17,20-22H2,2-7H3/t25-,27+,30?,34-/m0/s1. The number of nitrogens with zero attached hydrogens (tertiary/aromatic N) is 1. The summed E-state index contributed by atoms with van der Waals surface area (Å²) in [6.07, 6.45) is 7.56. The molecule has 5 nitrogen and oxygen atoms in total. The number of methoxy groups -OCH3 is 1. The molecule has 2 aliphatic carbocycles. The van der Waals surface area contributed by atoms with Crippen molar-refractivity contribution in [1.82, 2.24) is 0 Å². The molecule has 0 amide bonds. The van der Waals surface area contributed by atoms with Crippen LogP contribution in [0.15, 0.2) is 49.1 Å². The molecule has 5 rings (SSSR count). The highest BCUT2D eigenvalue weighted by molar-refractivity contribution is 6.74. The van der Waals surface area contributed by atoms with Gasteiger partial charge in [-0.05, 0) is 104 Å². The molecule has 1 heterocycles. The molecule has 2 aromatic rings. The smallest absolute Gasteiger partial charge is 0.337 e. The number of halogens is 1. The maximum Gasteiger partial charge on any atom is 0.337 e. The maximum absolute atomic E-state index is 12.5. The fourth-order valence-corrected chi connectivity index (χ4v) is 8.22. The van der Waals surface area contributed by atoms with E-state index in [1.54, 1.807) is 0 Å². The van der Waals surface area contributed by atoms with Gasteiger partial charge >= 0.3 is 5.97 Å². The Morgan fingerprint density at radius 2 is 2.02 bits per heavy atom. The van der Waals surface area contributed by atoms with Gasteiger partial charge in [-0.25, -0.2) is 4.79 Å². The molecule has 4 atom stereocenters. The molecule has 0 N–H and O–H groups in total. The maximum atomic E-state index is 12.5. The number of benzene rings is 2. The van der Waals surface area contributed by atoms with Gasteiger partial charge in [0.25, 0.3) is 0 Å². The van der Waals surface area contributed by atoms with E-state index in [1.165, 1.54) is 18.2 Å². The Morgan fingerprint density at radius 3 is 2.68 bits per heavy atom. The van der Waals surface area contributed by atoms with Crippen molar-refractivity contribution < 1.29 is 18.7 Å². The van der Waals surface area contributed by atoms with Crippen LogP contribution in [0.3, 0.4) is 0 Å². The fraction of sp³-hybridized carbons (Fsp3) is 0.559. The number of hydrogen-bond donors (Lipinski definition) is 0. The van der Waals surface area contributed by atoms with Crippen LogP contribution >= 0.6 is 11.6 Å². The quantitative estimate of drug-likeness (QED) is 0.183. The summed E-state index contributed by atoms with van der Waals surface area (Å²) in [5.41, 5.74) is 4.02. The summed E-state index contributed by atoms with van der Waals surface area (Å²) < 4.78 is 18.6. The third kappa shape index (κ3) is 5.85. The van der Waals surface area contributed by atoms with E-state index < -0.39 is 8.32 Å². The number of ether oxygens (including phenoxy) is 2. The second-order valence-electron chi connectivity index (χ2n) is 13.9. The monoisotopic (exact) mass is 595 g/mol. The molecule has 0 radical (unpaired) electrons. The van der Waals surface area contributed by atoms with Crippen molar-refractivity contribution in [3.63, 3.8) is 0 Å². The molecule has 0 bridgehead atoms. The summed E-state index contributed by atoms with van der Waals surface area (Å²) in [4.78, 5) is 15.0. The Morgan fingerprint density at radius 1 is 1.24 bits per heavy atom. The molecule has 222 valence electrons. The zero-order valence-electron chi connectivity index (χ0n) is 25.6. The van der Waals surface area contributed by atoms with E-state index in [1.807, 2.05) is 30.3 Å². The minimum absolute atomic E-state index is 0.0465. The van der Waals surface area contributed by atoms with Gasteiger partial charge in [0.2, 0.25) is 0 Å². The van der Waals surface area contributed by atoms with E-state index in [0.717, 1.165) is 61.7 Å². The van der Waals surface area contributed by atoms with Crippen LogP contribution in [0.4, 0.5) is 5.69 Å². The minimum atomic E-state index is -1.95. The van der Waals surface area contributed by atoms with Crippen molar-refractivity contribution in [3.8, 4) is 5.75 Å². The number of rotatable bonds is 7. The molecule has 1 fully saturated rings. The largest absolute Gasteiger partial charge is 0.490 e. The Labute approximate surface area is 252 Å². The van der Waals surface area contributed by atoms with Gasteiger partial charge in [-0.15, -0.1) is 6.58 Å². The number of fused-ring (bicyclic) bond motifs is 3. The summed E-state index contributed by atoms with van der Waals surface area (Å²) in [5.74, 6) is 1.37. The zero-order valence-corrected chi connectivity index (χ0v) is 27.4. The number of aryl methyl sites for hydroxylation is 1. The van der Waals surface area contributed by atoms with E-state index in [9.17, 15) is 4.79 Å². The Bertz CT molecular complexity index is 1300. The van der Waals surface area contributed by atoms with Crippen LogP contribution in [0.1, 0.15) is 67.9 Å². The second-order valence-corrected chi connectivity index (χ2v) is 19.1. The van der Waals surface area contributed by atoms with E-state index in [0.29, 0.717) is 24.0 Å². The highest BCUT2D eigenvalue weighted by Gasteiger charge is 2.46. The predicted octanol–water partition coefficient (Wildman–Crippen LogP) is 8.20. The van der Waals surface area contributed by atoms with Crippen LogP contribution in [-0.4, -0.2) is 47.2 Å². The van der Waals surface area contributed by atoms with E-state index in [4.69, 9.17) is 25.5 Å². The summed E-state index contributed by atoms with van der Waals surface area (Å²) in [5, 5.41) is 0.926. The molecule has 1 unspecified atom stereocenters. The highest BCUT2D eigenvalue weighted by atomic mass is 35.5. The van der Waals surface area contributed by atoms with Crippen molar-refractivity contribution in [3.05, 3.63) is 70.8 Å². The average Bonchev–Trinajstić information content (AvgIpc) is 3.06. The molecular formula is C34H46ClNO4Si. The van der Waals surface area contributed by atoms with E-state index in [2.05, 4.69) is 57.5 Å². The topological polar surface area (TPSA) is 48.0 Å². The van der Waals surface area contributed by atoms with Crippen molar-refractivity contribution in [2.24, 2.45) is 11.8 Å². The molecule has 7 heteroatoms. The van der Waals surface area contributed by atoms with Crippen molar-refractivity contribution in [2.75, 3.05) is 31.7 Å². The zero-order chi connectivity index (χ0) is 29.6. The van der Waals surface area contributed by atoms with Gasteiger partial charge in [-0.2, -0.15) is 0 Å². The average molecular weight is 596 g/mol. The first-order valence-corrected chi connectivity index (χ1v) is 18.4. The summed E-state index contributed by atoms with van der Waals surface area (Å²) in [6.45, 7) is 18.0. The first kappa shape index (κ1) is 30.2. The molecule has 0 aromatic heterocycles. The number of carbonyl (C=O) groups is 1. The normalized spacial score (nSPS) is 24.8. The van der Waals surface area contributed by atoms with Gasteiger partial charge in [-0.1, -0.05) is 44.5 Å². The van der Waals surface area contributed by atoms with Gasteiger partial charge < -0.3 is 18.8 Å². The molecule has 1 saturated carbocycles. The van der Waals surface area contributed by atoms with Gasteiger partial charge in [0.05, 0.1) is 31.1 Å². The summed E-state index contributed by atoms with van der Waals surface area (Å²) in [6, 6.07) is 12.1. The summed E-state index contributed by atoms with van der Waals surface area (Å²) in [7, 11) is -0.521.